The summed E-state index contributed by atoms with van der Waals surface area (Å²) in [4.78, 5) is 2.38. The molecule has 0 bridgehead atoms. The van der Waals surface area contributed by atoms with Crippen LogP contribution >= 0.6 is 0 Å². The maximum absolute atomic E-state index is 6.95. The molecule has 0 saturated carbocycles. The molecule has 0 aliphatic heterocycles. The first-order valence-corrected chi connectivity index (χ1v) is 19.8. The molecular formula is C56H37NO. The van der Waals surface area contributed by atoms with E-state index in [1.807, 2.05) is 0 Å². The van der Waals surface area contributed by atoms with Gasteiger partial charge >= 0.3 is 0 Å². The van der Waals surface area contributed by atoms with Gasteiger partial charge in [0.1, 0.15) is 11.2 Å². The van der Waals surface area contributed by atoms with Crippen LogP contribution in [0.2, 0.25) is 0 Å². The van der Waals surface area contributed by atoms with Crippen LogP contribution in [0.4, 0.5) is 17.1 Å². The Morgan fingerprint density at radius 2 is 0.759 bits per heavy atom. The van der Waals surface area contributed by atoms with Crippen LogP contribution in [0.15, 0.2) is 229 Å². The van der Waals surface area contributed by atoms with E-state index in [0.29, 0.717) is 0 Å². The number of hydrogen-bond donors (Lipinski definition) is 0. The highest BCUT2D eigenvalue weighted by Crippen LogP contribution is 2.47. The van der Waals surface area contributed by atoms with E-state index in [0.717, 1.165) is 60.9 Å². The lowest BCUT2D eigenvalue weighted by molar-refractivity contribution is 0.674. The first kappa shape index (κ1) is 33.6. The maximum atomic E-state index is 6.95. The predicted molar refractivity (Wildman–Crippen MR) is 245 cm³/mol. The van der Waals surface area contributed by atoms with E-state index in [4.69, 9.17) is 4.42 Å². The highest BCUT2D eigenvalue weighted by molar-refractivity contribution is 6.22. The molecule has 0 unspecified atom stereocenters. The second-order valence-corrected chi connectivity index (χ2v) is 14.8. The molecule has 0 atom stereocenters. The van der Waals surface area contributed by atoms with Gasteiger partial charge < -0.3 is 9.32 Å². The number of furan rings is 1. The van der Waals surface area contributed by atoms with E-state index in [1.165, 1.54) is 44.2 Å². The summed E-state index contributed by atoms with van der Waals surface area (Å²) in [6, 6.07) is 80.5. The SMILES string of the molecule is c1ccc(-c2ccc(N(c3ccccc3)c3ccc(-c4cc5c6cccc(-c7cccc(-c8ccccc8)c7)c6oc5c5ccccc45)c4ccccc34)cc2)cc1. The summed E-state index contributed by atoms with van der Waals surface area (Å²) in [5.74, 6) is 0. The second-order valence-electron chi connectivity index (χ2n) is 14.8. The molecule has 0 amide bonds. The molecule has 0 aliphatic rings. The first-order valence-electron chi connectivity index (χ1n) is 19.8. The molecule has 0 saturated heterocycles. The average Bonchev–Trinajstić information content (AvgIpc) is 3.69. The van der Waals surface area contributed by atoms with Gasteiger partial charge in [-0.3, -0.25) is 0 Å². The molecule has 0 N–H and O–H groups in total. The average molecular weight is 740 g/mol. The molecule has 10 aromatic carbocycles. The van der Waals surface area contributed by atoms with Gasteiger partial charge in [0.15, 0.2) is 0 Å². The van der Waals surface area contributed by atoms with Gasteiger partial charge in [0, 0.05) is 38.5 Å². The van der Waals surface area contributed by atoms with Crippen molar-refractivity contribution in [3.8, 4) is 44.5 Å². The monoisotopic (exact) mass is 739 g/mol. The van der Waals surface area contributed by atoms with Crippen molar-refractivity contribution in [2.75, 3.05) is 4.90 Å². The number of rotatable bonds is 7. The van der Waals surface area contributed by atoms with E-state index in [-0.39, 0.29) is 0 Å². The molecule has 272 valence electrons. The lowest BCUT2D eigenvalue weighted by Gasteiger charge is -2.27. The van der Waals surface area contributed by atoms with Crippen LogP contribution in [-0.4, -0.2) is 0 Å². The van der Waals surface area contributed by atoms with Gasteiger partial charge in [-0.25, -0.2) is 0 Å². The van der Waals surface area contributed by atoms with Gasteiger partial charge in [-0.1, -0.05) is 182 Å². The zero-order chi connectivity index (χ0) is 38.4. The molecule has 1 aromatic heterocycles. The van der Waals surface area contributed by atoms with Crippen molar-refractivity contribution in [2.24, 2.45) is 0 Å². The van der Waals surface area contributed by atoms with Crippen molar-refractivity contribution >= 4 is 60.5 Å². The predicted octanol–water partition coefficient (Wildman–Crippen LogP) is 16.0. The molecule has 0 spiro atoms. The Labute approximate surface area is 337 Å². The van der Waals surface area contributed by atoms with Crippen molar-refractivity contribution in [1.29, 1.82) is 0 Å². The van der Waals surface area contributed by atoms with Crippen LogP contribution in [0, 0.1) is 0 Å². The highest BCUT2D eigenvalue weighted by Gasteiger charge is 2.21. The third-order valence-electron chi connectivity index (χ3n) is 11.5. The topological polar surface area (TPSA) is 16.4 Å². The Bertz CT molecular complexity index is 3260. The summed E-state index contributed by atoms with van der Waals surface area (Å²) in [6.45, 7) is 0. The van der Waals surface area contributed by atoms with Crippen LogP contribution < -0.4 is 4.90 Å². The number of benzene rings is 10. The number of anilines is 3. The molecular weight excluding hydrogens is 703 g/mol. The van der Waals surface area contributed by atoms with Crippen LogP contribution in [0.3, 0.4) is 0 Å². The van der Waals surface area contributed by atoms with Crippen molar-refractivity contribution < 1.29 is 4.42 Å². The van der Waals surface area contributed by atoms with Gasteiger partial charge in [-0.2, -0.15) is 0 Å². The Morgan fingerprint density at radius 1 is 0.259 bits per heavy atom. The zero-order valence-corrected chi connectivity index (χ0v) is 31.7. The standard InChI is InChI=1S/C56H37NO/c1-4-16-38(17-5-1)40-30-32-44(33-31-40)57(43-22-8-3-9-23-43)54-35-34-48(46-24-10-12-26-49(46)54)52-37-53-51-29-15-28-45(55(51)58-56(53)50-27-13-11-25-47(50)52)42-21-14-20-41(36-42)39-18-6-2-7-19-39/h1-37H. The number of fused-ring (bicyclic) bond motifs is 6. The summed E-state index contributed by atoms with van der Waals surface area (Å²) in [7, 11) is 0. The Kier molecular flexibility index (Phi) is 8.19. The van der Waals surface area contributed by atoms with Gasteiger partial charge in [0.2, 0.25) is 0 Å². The van der Waals surface area contributed by atoms with Gasteiger partial charge in [0.05, 0.1) is 5.69 Å². The maximum Gasteiger partial charge on any atom is 0.143 e. The van der Waals surface area contributed by atoms with E-state index in [1.54, 1.807) is 0 Å². The zero-order valence-electron chi connectivity index (χ0n) is 31.7. The summed E-state index contributed by atoms with van der Waals surface area (Å²) in [6.07, 6.45) is 0. The van der Waals surface area contributed by atoms with Gasteiger partial charge in [-0.05, 0) is 92.2 Å². The van der Waals surface area contributed by atoms with Gasteiger partial charge in [-0.15, -0.1) is 0 Å². The fourth-order valence-corrected chi connectivity index (χ4v) is 8.72. The van der Waals surface area contributed by atoms with E-state index in [2.05, 4.69) is 229 Å². The fraction of sp³-hybridized carbons (Fsp3) is 0. The molecule has 2 heteroatoms. The third kappa shape index (κ3) is 5.74. The fourth-order valence-electron chi connectivity index (χ4n) is 8.72. The normalized spacial score (nSPS) is 11.4. The summed E-state index contributed by atoms with van der Waals surface area (Å²) >= 11 is 0. The Balaban J connectivity index is 1.09. The van der Waals surface area contributed by atoms with Crippen LogP contribution in [0.25, 0.3) is 88.0 Å². The molecule has 1 heterocycles. The molecule has 0 radical (unpaired) electrons. The summed E-state index contributed by atoms with van der Waals surface area (Å²) < 4.78 is 6.95. The van der Waals surface area contributed by atoms with Crippen molar-refractivity contribution in [3.63, 3.8) is 0 Å². The third-order valence-corrected chi connectivity index (χ3v) is 11.5. The summed E-state index contributed by atoms with van der Waals surface area (Å²) in [5.41, 5.74) is 14.5. The number of para-hydroxylation sites is 2. The largest absolute Gasteiger partial charge is 0.455 e. The second kappa shape index (κ2) is 14.1. The lowest BCUT2D eigenvalue weighted by Crippen LogP contribution is -2.10. The number of nitrogens with zero attached hydrogens (tertiary/aromatic N) is 1. The number of hydrogen-bond acceptors (Lipinski definition) is 2. The summed E-state index contributed by atoms with van der Waals surface area (Å²) in [5, 5.41) is 6.86. The molecule has 58 heavy (non-hydrogen) atoms. The van der Waals surface area contributed by atoms with Crippen molar-refractivity contribution in [1.82, 2.24) is 0 Å². The van der Waals surface area contributed by atoms with Crippen molar-refractivity contribution in [3.05, 3.63) is 224 Å². The minimum atomic E-state index is 0.905. The van der Waals surface area contributed by atoms with Crippen LogP contribution in [0.1, 0.15) is 0 Å². The molecule has 0 aliphatic carbocycles. The van der Waals surface area contributed by atoms with E-state index in [9.17, 15) is 0 Å². The Morgan fingerprint density at radius 3 is 1.48 bits per heavy atom. The Hall–Kier alpha value is -7.68. The molecule has 2 nitrogen and oxygen atoms in total. The molecule has 11 rings (SSSR count). The van der Waals surface area contributed by atoms with E-state index >= 15 is 0 Å². The minimum Gasteiger partial charge on any atom is -0.455 e. The van der Waals surface area contributed by atoms with Crippen molar-refractivity contribution in [2.45, 2.75) is 0 Å². The van der Waals surface area contributed by atoms with Gasteiger partial charge in [0.25, 0.3) is 0 Å². The highest BCUT2D eigenvalue weighted by atomic mass is 16.3. The smallest absolute Gasteiger partial charge is 0.143 e. The van der Waals surface area contributed by atoms with Crippen LogP contribution in [0.5, 0.6) is 0 Å². The first-order chi connectivity index (χ1) is 28.8. The van der Waals surface area contributed by atoms with E-state index < -0.39 is 0 Å². The minimum absolute atomic E-state index is 0.905. The quantitative estimate of drug-likeness (QED) is 0.162. The molecule has 11 aromatic rings. The molecule has 0 fully saturated rings. The van der Waals surface area contributed by atoms with Crippen LogP contribution in [-0.2, 0) is 0 Å². The lowest BCUT2D eigenvalue weighted by atomic mass is 9.91.